The Bertz CT molecular complexity index is 1340. The third kappa shape index (κ3) is 4.01. The van der Waals surface area contributed by atoms with Crippen LogP contribution in [-0.4, -0.2) is 20.7 Å². The third-order valence-electron chi connectivity index (χ3n) is 5.62. The second-order valence-electron chi connectivity index (χ2n) is 8.01. The summed E-state index contributed by atoms with van der Waals surface area (Å²) in [5.41, 5.74) is 4.58. The van der Waals surface area contributed by atoms with Crippen LogP contribution in [0.4, 0.5) is 16.0 Å². The van der Waals surface area contributed by atoms with E-state index in [1.807, 2.05) is 68.4 Å². The molecular weight excluding hydrogens is 417 g/mol. The van der Waals surface area contributed by atoms with Crippen molar-refractivity contribution in [1.82, 2.24) is 14.8 Å². The quantitative estimate of drug-likeness (QED) is 0.451. The minimum atomic E-state index is -0.572. The van der Waals surface area contributed by atoms with E-state index in [4.69, 9.17) is 5.10 Å². The number of carbonyl (C=O) groups excluding carboxylic acids is 1. The van der Waals surface area contributed by atoms with Crippen molar-refractivity contribution < 1.29 is 9.18 Å². The highest BCUT2D eigenvalue weighted by atomic mass is 19.1. The zero-order valence-corrected chi connectivity index (χ0v) is 18.2. The van der Waals surface area contributed by atoms with Crippen LogP contribution in [0.2, 0.25) is 0 Å². The van der Waals surface area contributed by atoms with Crippen LogP contribution in [0.5, 0.6) is 0 Å². The van der Waals surface area contributed by atoms with Crippen molar-refractivity contribution in [2.24, 2.45) is 0 Å². The molecule has 0 radical (unpaired) electrons. The maximum absolute atomic E-state index is 13.7. The van der Waals surface area contributed by atoms with Gasteiger partial charge in [-0.25, -0.2) is 9.07 Å². The van der Waals surface area contributed by atoms with Gasteiger partial charge in [0.25, 0.3) is 5.91 Å². The molecule has 0 fully saturated rings. The molecule has 1 unspecified atom stereocenters. The Hall–Kier alpha value is -4.26. The molecule has 2 N–H and O–H groups in total. The lowest BCUT2D eigenvalue weighted by Gasteiger charge is -2.28. The summed E-state index contributed by atoms with van der Waals surface area (Å²) in [6.07, 6.45) is 0. The van der Waals surface area contributed by atoms with Crippen LogP contribution < -0.4 is 10.6 Å². The maximum Gasteiger partial charge on any atom is 0.255 e. The normalized spacial score (nSPS) is 15.1. The number of nitrogens with one attached hydrogen (secondary N) is 2. The molecule has 1 amide bonds. The molecular formula is C26H22FN5O. The van der Waals surface area contributed by atoms with E-state index in [2.05, 4.69) is 15.6 Å². The number of rotatable bonds is 4. The van der Waals surface area contributed by atoms with E-state index in [0.29, 0.717) is 28.7 Å². The lowest BCUT2D eigenvalue weighted by molar-refractivity contribution is -0.113. The van der Waals surface area contributed by atoms with Crippen molar-refractivity contribution in [3.63, 3.8) is 0 Å². The molecule has 0 aliphatic carbocycles. The summed E-state index contributed by atoms with van der Waals surface area (Å²) in [5.74, 6) is 0.456. The Morgan fingerprint density at radius 3 is 2.36 bits per heavy atom. The van der Waals surface area contributed by atoms with Crippen LogP contribution in [0.25, 0.3) is 11.4 Å². The van der Waals surface area contributed by atoms with Crippen molar-refractivity contribution in [2.75, 3.05) is 10.6 Å². The Labute approximate surface area is 190 Å². The fraction of sp³-hybridized carbons (Fsp3) is 0.115. The molecule has 5 rings (SSSR count). The Morgan fingerprint density at radius 2 is 1.67 bits per heavy atom. The molecule has 3 aromatic carbocycles. The zero-order valence-electron chi connectivity index (χ0n) is 18.2. The molecule has 164 valence electrons. The van der Waals surface area contributed by atoms with Crippen molar-refractivity contribution in [3.05, 3.63) is 107 Å². The van der Waals surface area contributed by atoms with E-state index in [9.17, 15) is 9.18 Å². The van der Waals surface area contributed by atoms with Crippen LogP contribution >= 0.6 is 0 Å². The number of carbonyl (C=O) groups is 1. The topological polar surface area (TPSA) is 71.8 Å². The van der Waals surface area contributed by atoms with Gasteiger partial charge in [0.05, 0.1) is 5.57 Å². The first kappa shape index (κ1) is 20.6. The minimum Gasteiger partial charge on any atom is -0.328 e. The first-order valence-electron chi connectivity index (χ1n) is 10.6. The standard InChI is InChI=1S/C26H22FN5O/c1-16-8-10-19(11-9-16)24-30-26-28-17(2)22(25(33)29-21-6-4-3-5-7-21)23(32(26)31-24)18-12-14-20(27)15-13-18/h3-15,23H,1-2H3,(H,29,33)(H,28,30,31). The smallest absolute Gasteiger partial charge is 0.255 e. The van der Waals surface area contributed by atoms with Crippen molar-refractivity contribution in [1.29, 1.82) is 0 Å². The summed E-state index contributed by atoms with van der Waals surface area (Å²) in [7, 11) is 0. The van der Waals surface area contributed by atoms with E-state index in [1.165, 1.54) is 12.1 Å². The molecule has 2 heterocycles. The van der Waals surface area contributed by atoms with Crippen LogP contribution in [0.3, 0.4) is 0 Å². The average Bonchev–Trinajstić information content (AvgIpc) is 3.23. The molecule has 0 bridgehead atoms. The highest BCUT2D eigenvalue weighted by Crippen LogP contribution is 2.36. The van der Waals surface area contributed by atoms with E-state index in [-0.39, 0.29) is 11.7 Å². The van der Waals surface area contributed by atoms with Crippen LogP contribution in [0.1, 0.15) is 24.1 Å². The molecule has 33 heavy (non-hydrogen) atoms. The predicted octanol–water partition coefficient (Wildman–Crippen LogP) is 5.32. The number of anilines is 2. The summed E-state index contributed by atoms with van der Waals surface area (Å²) in [6, 6.07) is 22.7. The molecule has 0 spiro atoms. The number of para-hydroxylation sites is 1. The lowest BCUT2D eigenvalue weighted by atomic mass is 9.95. The van der Waals surface area contributed by atoms with Crippen LogP contribution in [-0.2, 0) is 4.79 Å². The number of allylic oxidation sites excluding steroid dienone is 1. The van der Waals surface area contributed by atoms with Crippen molar-refractivity contribution >= 4 is 17.5 Å². The van der Waals surface area contributed by atoms with Crippen LogP contribution in [0.15, 0.2) is 90.1 Å². The molecule has 0 saturated heterocycles. The van der Waals surface area contributed by atoms with Gasteiger partial charge in [0.2, 0.25) is 5.95 Å². The molecule has 4 aromatic rings. The fourth-order valence-corrected chi connectivity index (χ4v) is 3.94. The first-order valence-corrected chi connectivity index (χ1v) is 10.6. The minimum absolute atomic E-state index is 0.265. The van der Waals surface area contributed by atoms with Crippen LogP contribution in [0, 0.1) is 12.7 Å². The van der Waals surface area contributed by atoms with Gasteiger partial charge in [-0.05, 0) is 43.7 Å². The van der Waals surface area contributed by atoms with E-state index < -0.39 is 6.04 Å². The summed E-state index contributed by atoms with van der Waals surface area (Å²) < 4.78 is 15.4. The number of hydrogen-bond acceptors (Lipinski definition) is 4. The van der Waals surface area contributed by atoms with E-state index in [1.54, 1.807) is 16.8 Å². The number of aryl methyl sites for hydroxylation is 1. The number of amides is 1. The average molecular weight is 439 g/mol. The third-order valence-corrected chi connectivity index (χ3v) is 5.62. The van der Waals surface area contributed by atoms with E-state index >= 15 is 0 Å². The van der Waals surface area contributed by atoms with Gasteiger partial charge in [-0.1, -0.05) is 60.2 Å². The highest BCUT2D eigenvalue weighted by molar-refractivity contribution is 6.06. The molecule has 6 nitrogen and oxygen atoms in total. The van der Waals surface area contributed by atoms with Gasteiger partial charge in [0.15, 0.2) is 5.82 Å². The molecule has 7 heteroatoms. The first-order chi connectivity index (χ1) is 16.0. The van der Waals surface area contributed by atoms with E-state index in [0.717, 1.165) is 16.7 Å². The molecule has 1 aliphatic heterocycles. The maximum atomic E-state index is 13.7. The molecule has 0 saturated carbocycles. The monoisotopic (exact) mass is 439 g/mol. The van der Waals surface area contributed by atoms with Gasteiger partial charge in [-0.3, -0.25) is 4.79 Å². The number of aromatic nitrogens is 3. The van der Waals surface area contributed by atoms with Crippen molar-refractivity contribution in [3.8, 4) is 11.4 Å². The molecule has 1 aromatic heterocycles. The molecule has 1 atom stereocenters. The second-order valence-corrected chi connectivity index (χ2v) is 8.01. The summed E-state index contributed by atoms with van der Waals surface area (Å²) >= 11 is 0. The summed E-state index contributed by atoms with van der Waals surface area (Å²) in [6.45, 7) is 3.85. The predicted molar refractivity (Wildman–Crippen MR) is 126 cm³/mol. The van der Waals surface area contributed by atoms with Gasteiger partial charge < -0.3 is 10.6 Å². The number of hydrogen-bond donors (Lipinski definition) is 2. The highest BCUT2D eigenvalue weighted by Gasteiger charge is 2.34. The number of fused-ring (bicyclic) bond motifs is 1. The zero-order chi connectivity index (χ0) is 22.9. The fourth-order valence-electron chi connectivity index (χ4n) is 3.94. The summed E-state index contributed by atoms with van der Waals surface area (Å²) in [4.78, 5) is 18.1. The largest absolute Gasteiger partial charge is 0.328 e. The summed E-state index contributed by atoms with van der Waals surface area (Å²) in [5, 5.41) is 10.9. The second kappa shape index (κ2) is 8.35. The Kier molecular flexibility index (Phi) is 5.22. The van der Waals surface area contributed by atoms with Gasteiger partial charge in [-0.15, -0.1) is 5.10 Å². The van der Waals surface area contributed by atoms with Gasteiger partial charge in [-0.2, -0.15) is 4.98 Å². The SMILES string of the molecule is CC1=C(C(=O)Nc2ccccc2)C(c2ccc(F)cc2)n2nc(-c3ccc(C)cc3)nc2N1. The number of halogens is 1. The Morgan fingerprint density at radius 1 is 0.970 bits per heavy atom. The van der Waals surface area contributed by atoms with Gasteiger partial charge in [0, 0.05) is 16.9 Å². The van der Waals surface area contributed by atoms with Crippen molar-refractivity contribution in [2.45, 2.75) is 19.9 Å². The Balaban J connectivity index is 1.60. The number of nitrogens with zero attached hydrogens (tertiary/aromatic N) is 3. The van der Waals surface area contributed by atoms with Gasteiger partial charge in [0.1, 0.15) is 11.9 Å². The van der Waals surface area contributed by atoms with Gasteiger partial charge >= 0.3 is 0 Å². The lowest BCUT2D eigenvalue weighted by Crippen LogP contribution is -2.31. The molecule has 1 aliphatic rings. The number of benzene rings is 3.